The van der Waals surface area contributed by atoms with Crippen LogP contribution in [-0.2, 0) is 14.4 Å². The summed E-state index contributed by atoms with van der Waals surface area (Å²) in [5, 5.41) is 24.8. The van der Waals surface area contributed by atoms with Crippen LogP contribution in [0.4, 0.5) is 0 Å². The van der Waals surface area contributed by atoms with Crippen LogP contribution in [0.25, 0.3) is 0 Å². The molecule has 1 saturated carbocycles. The van der Waals surface area contributed by atoms with Gasteiger partial charge in [0.25, 0.3) is 0 Å². The number of carboxylic acid groups (broad SMARTS) is 3. The molecule has 0 bridgehead atoms. The fraction of sp³-hybridized carbons (Fsp3) is 0.750. The van der Waals surface area contributed by atoms with Crippen molar-refractivity contribution >= 4 is 17.9 Å². The molecule has 0 radical (unpaired) electrons. The molecular weight excluding hydrogens is 282 g/mol. The molecule has 0 amide bonds. The summed E-state index contributed by atoms with van der Waals surface area (Å²) >= 11 is 0. The van der Waals surface area contributed by atoms with Gasteiger partial charge in [0, 0.05) is 0 Å². The van der Waals surface area contributed by atoms with Crippen LogP contribution < -0.4 is 11.5 Å². The van der Waals surface area contributed by atoms with Crippen molar-refractivity contribution in [2.45, 2.75) is 37.8 Å². The molecule has 0 aromatic carbocycles. The van der Waals surface area contributed by atoms with E-state index in [4.69, 9.17) is 26.8 Å². The number of aliphatic carboxylic acids is 3. The Kier molecular flexibility index (Phi) is 8.51. The van der Waals surface area contributed by atoms with Gasteiger partial charge in [-0.05, 0) is 12.8 Å². The van der Waals surface area contributed by atoms with Gasteiger partial charge in [-0.25, -0.2) is 0 Å². The summed E-state index contributed by atoms with van der Waals surface area (Å²) in [5.41, 5.74) is 11.0. The molecule has 1 aliphatic rings. The molecule has 1 aliphatic carbocycles. The topological polar surface area (TPSA) is 167 Å². The molecule has 0 aliphatic heterocycles. The normalized spacial score (nSPS) is 16.7. The second kappa shape index (κ2) is 9.27. The number of carbonyl (C=O) groups is 3. The van der Waals surface area contributed by atoms with Crippen molar-refractivity contribution in [1.82, 2.24) is 4.90 Å². The molecular formula is C12H23N3O6. The monoisotopic (exact) mass is 305 g/mol. The van der Waals surface area contributed by atoms with Crippen molar-refractivity contribution in [2.24, 2.45) is 11.5 Å². The number of nitrogens with two attached hydrogens (primary N) is 2. The lowest BCUT2D eigenvalue weighted by molar-refractivity contribution is -0.144. The molecule has 1 fully saturated rings. The Morgan fingerprint density at radius 1 is 0.810 bits per heavy atom. The molecule has 0 unspecified atom stereocenters. The second-order valence-electron chi connectivity index (χ2n) is 5.12. The van der Waals surface area contributed by atoms with Crippen molar-refractivity contribution in [1.29, 1.82) is 0 Å². The number of hydrogen-bond acceptors (Lipinski definition) is 6. The molecule has 0 heterocycles. The van der Waals surface area contributed by atoms with E-state index in [1.807, 2.05) is 0 Å². The molecule has 9 nitrogen and oxygen atoms in total. The molecule has 21 heavy (non-hydrogen) atoms. The predicted molar refractivity (Wildman–Crippen MR) is 73.5 cm³/mol. The van der Waals surface area contributed by atoms with E-state index >= 15 is 0 Å². The standard InChI is InChI=1S/C6H14N2.C6H9NO6/c7-6(8)4-2-1-3-5-6;8-4(9)1-7(2-5(10)11)3-6(12)13/h1-5,7-8H2;1-3H2,(H,8,9)(H,10,11)(H,12,13). The van der Waals surface area contributed by atoms with Crippen LogP contribution in [0.2, 0.25) is 0 Å². The third-order valence-corrected chi connectivity index (χ3v) is 2.86. The second-order valence-corrected chi connectivity index (χ2v) is 5.12. The lowest BCUT2D eigenvalue weighted by atomic mass is 9.91. The van der Waals surface area contributed by atoms with Crippen molar-refractivity contribution < 1.29 is 29.7 Å². The summed E-state index contributed by atoms with van der Waals surface area (Å²) in [6.07, 6.45) is 5.76. The maximum Gasteiger partial charge on any atom is 0.317 e. The fourth-order valence-electron chi connectivity index (χ4n) is 1.95. The molecule has 0 saturated heterocycles. The van der Waals surface area contributed by atoms with E-state index in [1.165, 1.54) is 19.3 Å². The van der Waals surface area contributed by atoms with Gasteiger partial charge in [0.1, 0.15) is 0 Å². The number of hydrogen-bond donors (Lipinski definition) is 5. The van der Waals surface area contributed by atoms with Gasteiger partial charge in [0.15, 0.2) is 0 Å². The fourth-order valence-corrected chi connectivity index (χ4v) is 1.95. The SMILES string of the molecule is NC1(N)CCCCC1.O=C(O)CN(CC(=O)O)CC(=O)O. The Bertz CT molecular complexity index is 326. The third-order valence-electron chi connectivity index (χ3n) is 2.86. The van der Waals surface area contributed by atoms with Crippen LogP contribution in [0.5, 0.6) is 0 Å². The van der Waals surface area contributed by atoms with Crippen LogP contribution in [0.3, 0.4) is 0 Å². The Morgan fingerprint density at radius 3 is 1.33 bits per heavy atom. The molecule has 9 heteroatoms. The summed E-state index contributed by atoms with van der Waals surface area (Å²) in [6, 6.07) is 0. The van der Waals surface area contributed by atoms with Crippen LogP contribution in [0, 0.1) is 0 Å². The highest BCUT2D eigenvalue weighted by Crippen LogP contribution is 2.20. The van der Waals surface area contributed by atoms with E-state index < -0.39 is 37.5 Å². The minimum Gasteiger partial charge on any atom is -0.480 e. The van der Waals surface area contributed by atoms with E-state index in [0.29, 0.717) is 0 Å². The van der Waals surface area contributed by atoms with Gasteiger partial charge in [-0.15, -0.1) is 0 Å². The quantitative estimate of drug-likeness (QED) is 0.391. The van der Waals surface area contributed by atoms with E-state index in [1.54, 1.807) is 0 Å². The minimum absolute atomic E-state index is 0.321. The smallest absolute Gasteiger partial charge is 0.317 e. The lowest BCUT2D eigenvalue weighted by Crippen LogP contribution is -2.50. The maximum absolute atomic E-state index is 10.1. The highest BCUT2D eigenvalue weighted by Gasteiger charge is 2.21. The van der Waals surface area contributed by atoms with Crippen molar-refractivity contribution in [3.8, 4) is 0 Å². The molecule has 7 N–H and O–H groups in total. The first-order valence-electron chi connectivity index (χ1n) is 6.58. The molecule has 0 atom stereocenters. The summed E-state index contributed by atoms with van der Waals surface area (Å²) < 4.78 is 0. The molecule has 1 rings (SSSR count). The van der Waals surface area contributed by atoms with Gasteiger partial charge in [0.2, 0.25) is 0 Å². The van der Waals surface area contributed by atoms with E-state index in [0.717, 1.165) is 17.7 Å². The highest BCUT2D eigenvalue weighted by molar-refractivity contribution is 5.75. The number of nitrogens with zero attached hydrogens (tertiary/aromatic N) is 1. The number of rotatable bonds is 6. The Balaban J connectivity index is 0.000000423. The molecule has 0 spiro atoms. The van der Waals surface area contributed by atoms with E-state index in [2.05, 4.69) is 0 Å². The first-order chi connectivity index (χ1) is 9.62. The summed E-state index contributed by atoms with van der Waals surface area (Å²) in [6.45, 7) is -1.80. The molecule has 0 aromatic rings. The summed E-state index contributed by atoms with van der Waals surface area (Å²) in [5.74, 6) is -3.78. The van der Waals surface area contributed by atoms with E-state index in [9.17, 15) is 14.4 Å². The largest absolute Gasteiger partial charge is 0.480 e. The highest BCUT2D eigenvalue weighted by atomic mass is 16.4. The maximum atomic E-state index is 10.1. The van der Waals surface area contributed by atoms with Gasteiger partial charge in [-0.1, -0.05) is 19.3 Å². The Hall–Kier alpha value is -1.71. The van der Waals surface area contributed by atoms with Gasteiger partial charge in [0.05, 0.1) is 25.3 Å². The lowest BCUT2D eigenvalue weighted by Gasteiger charge is -2.28. The zero-order valence-electron chi connectivity index (χ0n) is 11.8. The van der Waals surface area contributed by atoms with Crippen molar-refractivity contribution in [3.05, 3.63) is 0 Å². The Morgan fingerprint density at radius 2 is 1.14 bits per heavy atom. The van der Waals surface area contributed by atoms with Crippen molar-refractivity contribution in [2.75, 3.05) is 19.6 Å². The van der Waals surface area contributed by atoms with Gasteiger partial charge in [-0.3, -0.25) is 19.3 Å². The first-order valence-corrected chi connectivity index (χ1v) is 6.58. The van der Waals surface area contributed by atoms with E-state index in [-0.39, 0.29) is 5.66 Å². The van der Waals surface area contributed by atoms with Gasteiger partial charge in [-0.2, -0.15) is 0 Å². The van der Waals surface area contributed by atoms with Crippen molar-refractivity contribution in [3.63, 3.8) is 0 Å². The predicted octanol–water partition coefficient (Wildman–Crippen LogP) is -0.894. The zero-order chi connectivity index (χ0) is 16.5. The van der Waals surface area contributed by atoms with Gasteiger partial charge < -0.3 is 26.8 Å². The van der Waals surface area contributed by atoms with Crippen LogP contribution in [0.1, 0.15) is 32.1 Å². The summed E-state index contributed by atoms with van der Waals surface area (Å²) in [7, 11) is 0. The summed E-state index contributed by atoms with van der Waals surface area (Å²) in [4.78, 5) is 31.2. The van der Waals surface area contributed by atoms with Crippen LogP contribution in [-0.4, -0.2) is 63.4 Å². The average molecular weight is 305 g/mol. The first kappa shape index (κ1) is 19.3. The molecule has 122 valence electrons. The average Bonchev–Trinajstić information content (AvgIpc) is 2.26. The minimum atomic E-state index is -1.26. The third kappa shape index (κ3) is 11.8. The zero-order valence-corrected chi connectivity index (χ0v) is 11.8. The van der Waals surface area contributed by atoms with Crippen LogP contribution in [0.15, 0.2) is 0 Å². The molecule has 0 aromatic heterocycles. The number of carboxylic acids is 3. The van der Waals surface area contributed by atoms with Crippen LogP contribution >= 0.6 is 0 Å². The van der Waals surface area contributed by atoms with Gasteiger partial charge >= 0.3 is 17.9 Å². The Labute approximate surface area is 122 Å².